The molecule has 0 amide bonds. The van der Waals surface area contributed by atoms with E-state index in [-0.39, 0.29) is 12.0 Å². The first-order chi connectivity index (χ1) is 13.5. The molecule has 6 heteroatoms. The fourth-order valence-electron chi connectivity index (χ4n) is 7.32. The number of nitrogens with zero attached hydrogens (tertiary/aromatic N) is 3. The quantitative estimate of drug-likeness (QED) is 0.835. The number of fused-ring (bicyclic) bond motifs is 5. The lowest BCUT2D eigenvalue weighted by molar-refractivity contribution is -0.126. The van der Waals surface area contributed by atoms with Crippen LogP contribution in [0.4, 0.5) is 0 Å². The normalized spacial score (nSPS) is 42.5. The van der Waals surface area contributed by atoms with Crippen LogP contribution in [-0.2, 0) is 16.9 Å². The van der Waals surface area contributed by atoms with Crippen molar-refractivity contribution in [2.24, 2.45) is 29.1 Å². The third kappa shape index (κ3) is 2.50. The first-order valence-corrected chi connectivity index (χ1v) is 10.9. The predicted octanol–water partition coefficient (Wildman–Crippen LogP) is 2.60. The van der Waals surface area contributed by atoms with Gasteiger partial charge in [-0.2, -0.15) is 0 Å². The van der Waals surface area contributed by atoms with Crippen LogP contribution in [0.5, 0.6) is 0 Å². The molecule has 152 valence electrons. The lowest BCUT2D eigenvalue weighted by atomic mass is 9.50. The summed E-state index contributed by atoms with van der Waals surface area (Å²) in [5, 5.41) is 29.4. The van der Waals surface area contributed by atoms with E-state index in [4.69, 9.17) is 5.11 Å². The monoisotopic (exact) mass is 385 g/mol. The molecule has 0 radical (unpaired) electrons. The van der Waals surface area contributed by atoms with Crippen molar-refractivity contribution in [1.29, 1.82) is 0 Å². The zero-order chi connectivity index (χ0) is 19.5. The van der Waals surface area contributed by atoms with Crippen LogP contribution in [0, 0.1) is 29.1 Å². The van der Waals surface area contributed by atoms with E-state index in [1.165, 1.54) is 5.57 Å². The number of aromatic nitrogens is 3. The summed E-state index contributed by atoms with van der Waals surface area (Å²) in [7, 11) is 0. The molecule has 0 bridgehead atoms. The van der Waals surface area contributed by atoms with Gasteiger partial charge in [0.1, 0.15) is 11.3 Å². The van der Waals surface area contributed by atoms with Crippen LogP contribution in [0.1, 0.15) is 64.0 Å². The number of aliphatic hydroxyl groups is 2. The van der Waals surface area contributed by atoms with Crippen molar-refractivity contribution in [2.75, 3.05) is 6.61 Å². The molecule has 3 fully saturated rings. The van der Waals surface area contributed by atoms with E-state index >= 15 is 0 Å². The number of aliphatic hydroxyl groups excluding tert-OH is 1. The maximum atomic E-state index is 11.9. The molecule has 4 aliphatic carbocycles. The van der Waals surface area contributed by atoms with Crippen LogP contribution in [0.15, 0.2) is 17.8 Å². The van der Waals surface area contributed by atoms with Gasteiger partial charge in [-0.1, -0.05) is 17.7 Å². The number of allylic oxidation sites excluding steroid dienone is 1. The summed E-state index contributed by atoms with van der Waals surface area (Å²) in [6.45, 7) is 2.69. The molecule has 5 rings (SSSR count). The molecule has 0 spiro atoms. The third-order valence-corrected chi connectivity index (χ3v) is 8.74. The van der Waals surface area contributed by atoms with Gasteiger partial charge in [-0.25, -0.2) is 4.68 Å². The van der Waals surface area contributed by atoms with Crippen molar-refractivity contribution in [3.8, 4) is 0 Å². The minimum Gasteiger partial charge on any atom is -0.394 e. The van der Waals surface area contributed by atoms with E-state index in [9.17, 15) is 9.90 Å². The summed E-state index contributed by atoms with van der Waals surface area (Å²) in [5.74, 6) is 2.69. The topological polar surface area (TPSA) is 88.2 Å². The van der Waals surface area contributed by atoms with Gasteiger partial charge in [-0.05, 0) is 74.7 Å². The van der Waals surface area contributed by atoms with Crippen molar-refractivity contribution < 1.29 is 15.0 Å². The Hall–Kier alpha value is -1.53. The average molecular weight is 386 g/mol. The molecule has 4 unspecified atom stereocenters. The van der Waals surface area contributed by atoms with Gasteiger partial charge in [0, 0.05) is 11.8 Å². The number of ketones is 1. The Bertz CT molecular complexity index is 818. The maximum absolute atomic E-state index is 11.9. The zero-order valence-corrected chi connectivity index (χ0v) is 16.7. The van der Waals surface area contributed by atoms with Crippen LogP contribution in [0.3, 0.4) is 0 Å². The molecule has 1 heterocycles. The zero-order valence-electron chi connectivity index (χ0n) is 16.7. The van der Waals surface area contributed by atoms with Crippen LogP contribution < -0.4 is 0 Å². The van der Waals surface area contributed by atoms with E-state index in [1.807, 2.05) is 12.3 Å². The molecule has 2 N–H and O–H groups in total. The van der Waals surface area contributed by atoms with E-state index in [0.717, 1.165) is 44.9 Å². The molecule has 1 aromatic rings. The first kappa shape index (κ1) is 18.5. The van der Waals surface area contributed by atoms with Gasteiger partial charge in [0.25, 0.3) is 0 Å². The summed E-state index contributed by atoms with van der Waals surface area (Å²) in [6, 6.07) is 0. The number of rotatable bonds is 3. The highest BCUT2D eigenvalue weighted by Crippen LogP contribution is 2.67. The average Bonchev–Trinajstić information content (AvgIpc) is 3.25. The molecular weight excluding hydrogens is 354 g/mol. The molecule has 28 heavy (non-hydrogen) atoms. The van der Waals surface area contributed by atoms with Gasteiger partial charge < -0.3 is 10.2 Å². The molecular formula is C22H31N3O3. The lowest BCUT2D eigenvalue weighted by Crippen LogP contribution is -2.51. The minimum atomic E-state index is -0.936. The molecule has 3 saturated carbocycles. The second-order valence-electron chi connectivity index (χ2n) is 9.75. The van der Waals surface area contributed by atoms with Crippen molar-refractivity contribution in [1.82, 2.24) is 15.0 Å². The Kier molecular flexibility index (Phi) is 4.29. The molecule has 6 atom stereocenters. The SMILES string of the molecule is C[C@]12CCC3C4CCC(=O)C=C4CCC3C1CC[C@@]2(O)c1cn(CCO)nn1. The number of carbonyl (C=O) groups excluding carboxylic acids is 1. The highest BCUT2D eigenvalue weighted by Gasteiger charge is 2.63. The van der Waals surface area contributed by atoms with Gasteiger partial charge in [0.2, 0.25) is 0 Å². The molecule has 4 aliphatic rings. The molecule has 1 aromatic heterocycles. The first-order valence-electron chi connectivity index (χ1n) is 10.9. The fraction of sp³-hybridized carbons (Fsp3) is 0.773. The Morgan fingerprint density at radius 1 is 1.18 bits per heavy atom. The molecule has 0 saturated heterocycles. The van der Waals surface area contributed by atoms with E-state index in [1.54, 1.807) is 4.68 Å². The number of hydrogen-bond donors (Lipinski definition) is 2. The highest BCUT2D eigenvalue weighted by molar-refractivity contribution is 5.91. The maximum Gasteiger partial charge on any atom is 0.155 e. The second kappa shape index (κ2) is 6.49. The summed E-state index contributed by atoms with van der Waals surface area (Å²) < 4.78 is 1.63. The molecule has 0 aromatic carbocycles. The summed E-state index contributed by atoms with van der Waals surface area (Å²) in [5.41, 5.74) is 0.958. The smallest absolute Gasteiger partial charge is 0.155 e. The second-order valence-corrected chi connectivity index (χ2v) is 9.75. The van der Waals surface area contributed by atoms with Crippen molar-refractivity contribution in [3.05, 3.63) is 23.5 Å². The fourth-order valence-corrected chi connectivity index (χ4v) is 7.32. The van der Waals surface area contributed by atoms with Crippen LogP contribution in [0.2, 0.25) is 0 Å². The summed E-state index contributed by atoms with van der Waals surface area (Å²) >= 11 is 0. The molecule has 6 nitrogen and oxygen atoms in total. The van der Waals surface area contributed by atoms with E-state index < -0.39 is 5.60 Å². The van der Waals surface area contributed by atoms with Crippen molar-refractivity contribution in [2.45, 2.75) is 70.4 Å². The van der Waals surface area contributed by atoms with Gasteiger partial charge in [0.05, 0.1) is 19.3 Å². The Labute approximate surface area is 166 Å². The number of carbonyl (C=O) groups is 1. The lowest BCUT2D eigenvalue weighted by Gasteiger charge is -2.55. The van der Waals surface area contributed by atoms with Crippen molar-refractivity contribution in [3.63, 3.8) is 0 Å². The Morgan fingerprint density at radius 3 is 2.86 bits per heavy atom. The minimum absolute atomic E-state index is 0.0185. The predicted molar refractivity (Wildman–Crippen MR) is 103 cm³/mol. The van der Waals surface area contributed by atoms with E-state index in [2.05, 4.69) is 17.2 Å². The third-order valence-electron chi connectivity index (χ3n) is 8.74. The van der Waals surface area contributed by atoms with Gasteiger partial charge in [-0.15, -0.1) is 5.10 Å². The van der Waals surface area contributed by atoms with Crippen LogP contribution in [0.25, 0.3) is 0 Å². The van der Waals surface area contributed by atoms with Crippen LogP contribution >= 0.6 is 0 Å². The Morgan fingerprint density at radius 2 is 2.04 bits per heavy atom. The van der Waals surface area contributed by atoms with Gasteiger partial charge in [-0.3, -0.25) is 4.79 Å². The van der Waals surface area contributed by atoms with Gasteiger partial charge in [0.15, 0.2) is 5.78 Å². The van der Waals surface area contributed by atoms with Crippen molar-refractivity contribution >= 4 is 5.78 Å². The van der Waals surface area contributed by atoms with Crippen LogP contribution in [-0.4, -0.2) is 37.6 Å². The number of hydrogen-bond acceptors (Lipinski definition) is 5. The highest BCUT2D eigenvalue weighted by atomic mass is 16.3. The summed E-state index contributed by atoms with van der Waals surface area (Å²) in [4.78, 5) is 11.9. The largest absolute Gasteiger partial charge is 0.394 e. The Balaban J connectivity index is 1.44. The standard InChI is InChI=1S/C22H31N3O3/c1-21-8-6-17-16-5-3-15(27)12-14(16)2-4-18(17)19(21)7-9-22(21,28)20-13-25(10-11-26)24-23-20/h12-13,16-19,26,28H,2-11H2,1H3/t16?,17?,18?,19?,21-,22+/m0/s1. The van der Waals surface area contributed by atoms with Gasteiger partial charge >= 0.3 is 0 Å². The molecule has 0 aliphatic heterocycles. The summed E-state index contributed by atoms with van der Waals surface area (Å²) in [6.07, 6.45) is 11.6. The van der Waals surface area contributed by atoms with E-state index in [0.29, 0.717) is 48.1 Å².